The number of methoxy groups -OCH3 is 1. The van der Waals surface area contributed by atoms with Crippen molar-refractivity contribution >= 4 is 7.82 Å². The molecule has 2 N–H and O–H groups in total. The molecule has 0 saturated carbocycles. The van der Waals surface area contributed by atoms with Gasteiger partial charge in [0.25, 0.3) is 0 Å². The highest BCUT2D eigenvalue weighted by atomic mass is 31.2. The van der Waals surface area contributed by atoms with Gasteiger partial charge in [0.05, 0.1) is 6.61 Å². The topological polar surface area (TPSA) is 79.2 Å². The molecule has 0 aromatic rings. The largest absolute Gasteiger partial charge is 0.469 e. The van der Waals surface area contributed by atoms with Gasteiger partial charge >= 0.3 is 7.82 Å². The summed E-state index contributed by atoms with van der Waals surface area (Å²) >= 11 is 0. The fourth-order valence-corrected chi connectivity index (χ4v) is 2.44. The Labute approximate surface area is 95.8 Å². The predicted molar refractivity (Wildman–Crippen MR) is 59.1 cm³/mol. The van der Waals surface area contributed by atoms with Gasteiger partial charge in [-0.05, 0) is 25.9 Å². The molecule has 1 saturated heterocycles. The fourth-order valence-electron chi connectivity index (χ4n) is 1.93. The summed E-state index contributed by atoms with van der Waals surface area (Å²) in [6.45, 7) is 2.63. The van der Waals surface area contributed by atoms with Gasteiger partial charge in [-0.2, -0.15) is 0 Å². The van der Waals surface area contributed by atoms with E-state index in [2.05, 4.69) is 9.42 Å². The molecular formula is C9H20NO5P. The van der Waals surface area contributed by atoms with Gasteiger partial charge in [-0.1, -0.05) is 6.42 Å². The van der Waals surface area contributed by atoms with Crippen LogP contribution >= 0.6 is 7.82 Å². The minimum absolute atomic E-state index is 0.196. The summed E-state index contributed by atoms with van der Waals surface area (Å²) in [6, 6.07) is 0. The predicted octanol–water partition coefficient (Wildman–Crippen LogP) is 0.597. The minimum atomic E-state index is -4.43. The maximum Gasteiger partial charge on any atom is 0.469 e. The van der Waals surface area contributed by atoms with Crippen LogP contribution in [0.15, 0.2) is 0 Å². The van der Waals surface area contributed by atoms with Crippen molar-refractivity contribution < 1.29 is 23.6 Å². The van der Waals surface area contributed by atoms with E-state index in [4.69, 9.17) is 14.5 Å². The van der Waals surface area contributed by atoms with Crippen LogP contribution in [0.5, 0.6) is 0 Å². The second-order valence-corrected chi connectivity index (χ2v) is 5.23. The molecule has 1 heterocycles. The lowest BCUT2D eigenvalue weighted by atomic mass is 10.1. The van der Waals surface area contributed by atoms with Crippen molar-refractivity contribution in [3.05, 3.63) is 0 Å². The van der Waals surface area contributed by atoms with Gasteiger partial charge < -0.3 is 19.4 Å². The summed E-state index contributed by atoms with van der Waals surface area (Å²) in [5.74, 6) is 0. The molecule has 1 rings (SSSR count). The van der Waals surface area contributed by atoms with Crippen LogP contribution in [0.1, 0.15) is 19.3 Å². The number of likely N-dealkylation sites (tertiary alicyclic amines) is 1. The maximum atomic E-state index is 10.8. The number of rotatable bonds is 6. The smallest absolute Gasteiger partial charge is 0.382 e. The lowest BCUT2D eigenvalue weighted by Gasteiger charge is -2.30. The first-order valence-corrected chi connectivity index (χ1v) is 6.99. The van der Waals surface area contributed by atoms with Crippen LogP contribution in [0.3, 0.4) is 0 Å². The quantitative estimate of drug-likeness (QED) is 0.675. The van der Waals surface area contributed by atoms with Crippen molar-refractivity contribution in [3.8, 4) is 0 Å². The van der Waals surface area contributed by atoms with E-state index in [1.807, 2.05) is 0 Å². The zero-order valence-electron chi connectivity index (χ0n) is 9.54. The highest BCUT2D eigenvalue weighted by molar-refractivity contribution is 7.46. The molecule has 0 unspecified atom stereocenters. The average molecular weight is 253 g/mol. The Kier molecular flexibility index (Phi) is 5.89. The lowest BCUT2D eigenvalue weighted by Crippen LogP contribution is -2.39. The molecule has 0 aromatic carbocycles. The van der Waals surface area contributed by atoms with E-state index in [9.17, 15) is 4.57 Å². The van der Waals surface area contributed by atoms with Crippen LogP contribution < -0.4 is 0 Å². The van der Waals surface area contributed by atoms with E-state index >= 15 is 0 Å². The SMILES string of the molecule is COC[C@H](CN1CCCCC1)OP(=O)(O)O. The molecule has 0 aliphatic carbocycles. The number of ether oxygens (including phenoxy) is 1. The minimum Gasteiger partial charge on any atom is -0.382 e. The number of nitrogens with zero attached hydrogens (tertiary/aromatic N) is 1. The summed E-state index contributed by atoms with van der Waals surface area (Å²) in [7, 11) is -2.93. The van der Waals surface area contributed by atoms with Crippen molar-refractivity contribution in [3.63, 3.8) is 0 Å². The number of hydrogen-bond donors (Lipinski definition) is 2. The van der Waals surface area contributed by atoms with Gasteiger partial charge in [0, 0.05) is 13.7 Å². The molecule has 0 bridgehead atoms. The summed E-state index contributed by atoms with van der Waals surface area (Å²) in [5.41, 5.74) is 0. The van der Waals surface area contributed by atoms with Crippen molar-refractivity contribution in [2.75, 3.05) is 33.4 Å². The Bertz CT molecular complexity index is 238. The molecule has 0 spiro atoms. The number of hydrogen-bond acceptors (Lipinski definition) is 4. The van der Waals surface area contributed by atoms with Gasteiger partial charge in [0.1, 0.15) is 6.10 Å². The normalized spacial score (nSPS) is 20.9. The molecule has 1 aliphatic rings. The Morgan fingerprint density at radius 3 is 2.44 bits per heavy atom. The number of phosphoric acid groups is 1. The molecule has 0 amide bonds. The van der Waals surface area contributed by atoms with Crippen LogP contribution in [0.2, 0.25) is 0 Å². The molecular weight excluding hydrogens is 233 g/mol. The van der Waals surface area contributed by atoms with Gasteiger partial charge in [0.2, 0.25) is 0 Å². The third-order valence-corrected chi connectivity index (χ3v) is 3.12. The first-order valence-electron chi connectivity index (χ1n) is 5.46. The van der Waals surface area contributed by atoms with E-state index in [0.29, 0.717) is 6.54 Å². The zero-order valence-corrected chi connectivity index (χ0v) is 10.4. The third kappa shape index (κ3) is 5.94. The molecule has 7 heteroatoms. The molecule has 0 radical (unpaired) electrons. The zero-order chi connectivity index (χ0) is 12.0. The Morgan fingerprint density at radius 1 is 1.31 bits per heavy atom. The van der Waals surface area contributed by atoms with Crippen molar-refractivity contribution in [1.29, 1.82) is 0 Å². The molecule has 16 heavy (non-hydrogen) atoms. The second kappa shape index (κ2) is 6.69. The lowest BCUT2D eigenvalue weighted by molar-refractivity contribution is 0.0298. The standard InChI is InChI=1S/C9H20NO5P/c1-14-8-9(15-16(11,12)13)7-10-5-3-2-4-6-10/h9H,2-8H2,1H3,(H2,11,12,13)/t9-/m0/s1. The van der Waals surface area contributed by atoms with Crippen LogP contribution in [0.25, 0.3) is 0 Å². The first-order chi connectivity index (χ1) is 7.51. The van der Waals surface area contributed by atoms with Crippen LogP contribution in [0, 0.1) is 0 Å². The molecule has 0 aromatic heterocycles. The van der Waals surface area contributed by atoms with Crippen LogP contribution in [0.4, 0.5) is 0 Å². The Morgan fingerprint density at radius 2 is 1.94 bits per heavy atom. The van der Waals surface area contributed by atoms with Crippen molar-refractivity contribution in [2.24, 2.45) is 0 Å². The second-order valence-electron chi connectivity index (χ2n) is 4.03. The first kappa shape index (κ1) is 14.1. The van der Waals surface area contributed by atoms with Crippen molar-refractivity contribution in [1.82, 2.24) is 4.90 Å². The summed E-state index contributed by atoms with van der Waals surface area (Å²) in [4.78, 5) is 19.7. The van der Waals surface area contributed by atoms with Gasteiger partial charge in [-0.15, -0.1) is 0 Å². The van der Waals surface area contributed by atoms with E-state index in [1.54, 1.807) is 0 Å². The monoisotopic (exact) mass is 253 g/mol. The highest BCUT2D eigenvalue weighted by Gasteiger charge is 2.24. The van der Waals surface area contributed by atoms with Crippen molar-refractivity contribution in [2.45, 2.75) is 25.4 Å². The van der Waals surface area contributed by atoms with Crippen LogP contribution in [-0.4, -0.2) is 54.1 Å². The fraction of sp³-hybridized carbons (Fsp3) is 1.00. The Hall–Kier alpha value is 0.0300. The summed E-state index contributed by atoms with van der Waals surface area (Å²) in [6.07, 6.45) is 2.93. The molecule has 1 aliphatic heterocycles. The van der Waals surface area contributed by atoms with Crippen LogP contribution in [-0.2, 0) is 13.8 Å². The summed E-state index contributed by atoms with van der Waals surface area (Å²) < 4.78 is 20.3. The van der Waals surface area contributed by atoms with Gasteiger partial charge in [0.15, 0.2) is 0 Å². The Balaban J connectivity index is 2.39. The van der Waals surface area contributed by atoms with E-state index < -0.39 is 13.9 Å². The van der Waals surface area contributed by atoms with Gasteiger partial charge in [-0.25, -0.2) is 4.57 Å². The third-order valence-electron chi connectivity index (χ3n) is 2.55. The number of phosphoric ester groups is 1. The molecule has 1 fully saturated rings. The molecule has 6 nitrogen and oxygen atoms in total. The van der Waals surface area contributed by atoms with E-state index in [1.165, 1.54) is 13.5 Å². The number of piperidine rings is 1. The van der Waals surface area contributed by atoms with E-state index in [0.717, 1.165) is 25.9 Å². The van der Waals surface area contributed by atoms with Gasteiger partial charge in [-0.3, -0.25) is 4.52 Å². The summed E-state index contributed by atoms with van der Waals surface area (Å²) in [5, 5.41) is 0. The maximum absolute atomic E-state index is 10.8. The van der Waals surface area contributed by atoms with E-state index in [-0.39, 0.29) is 6.61 Å². The molecule has 1 atom stereocenters. The highest BCUT2D eigenvalue weighted by Crippen LogP contribution is 2.37. The molecule has 96 valence electrons. The average Bonchev–Trinajstić information content (AvgIpc) is 2.17.